The molecule has 1 fully saturated rings. The van der Waals surface area contributed by atoms with Crippen molar-refractivity contribution in [2.75, 3.05) is 20.1 Å². The van der Waals surface area contributed by atoms with Crippen LogP contribution in [0, 0.1) is 11.3 Å². The van der Waals surface area contributed by atoms with Crippen LogP contribution in [0.4, 0.5) is 0 Å². The van der Waals surface area contributed by atoms with Crippen molar-refractivity contribution < 1.29 is 0 Å². The molecule has 0 aromatic carbocycles. The summed E-state index contributed by atoms with van der Waals surface area (Å²) in [6.45, 7) is 2.87. The Kier molecular flexibility index (Phi) is 5.31. The van der Waals surface area contributed by atoms with Gasteiger partial charge in [0, 0.05) is 31.9 Å². The van der Waals surface area contributed by atoms with Gasteiger partial charge in [0.15, 0.2) is 0 Å². The monoisotopic (exact) mass is 258 g/mol. The number of aromatic nitrogens is 1. The highest BCUT2D eigenvalue weighted by Crippen LogP contribution is 2.21. The number of nitriles is 1. The molecule has 1 N–H and O–H groups in total. The summed E-state index contributed by atoms with van der Waals surface area (Å²) in [7, 11) is 2.22. The highest BCUT2D eigenvalue weighted by Gasteiger charge is 2.18. The molecule has 1 saturated carbocycles. The molecule has 0 amide bonds. The highest BCUT2D eigenvalue weighted by atomic mass is 15.1. The summed E-state index contributed by atoms with van der Waals surface area (Å²) < 4.78 is 0. The molecule has 1 aliphatic rings. The molecule has 4 heteroatoms. The first kappa shape index (κ1) is 14.0. The third-order valence-corrected chi connectivity index (χ3v) is 3.86. The van der Waals surface area contributed by atoms with Crippen molar-refractivity contribution in [3.63, 3.8) is 0 Å². The van der Waals surface area contributed by atoms with Crippen LogP contribution in [-0.2, 0) is 6.54 Å². The summed E-state index contributed by atoms with van der Waals surface area (Å²) in [6.07, 6.45) is 7.17. The summed E-state index contributed by atoms with van der Waals surface area (Å²) >= 11 is 0. The molecular weight excluding hydrogens is 236 g/mol. The molecule has 0 saturated heterocycles. The molecule has 0 spiro atoms. The lowest BCUT2D eigenvalue weighted by Gasteiger charge is -2.23. The fraction of sp³-hybridized carbons (Fsp3) is 0.600. The van der Waals surface area contributed by atoms with Crippen LogP contribution in [-0.4, -0.2) is 36.1 Å². The molecule has 0 bridgehead atoms. The molecule has 1 aromatic heterocycles. The lowest BCUT2D eigenvalue weighted by atomic mass is 10.2. The number of pyridine rings is 1. The quantitative estimate of drug-likeness (QED) is 0.792. The van der Waals surface area contributed by atoms with E-state index in [0.717, 1.165) is 31.2 Å². The molecule has 0 radical (unpaired) electrons. The van der Waals surface area contributed by atoms with Crippen LogP contribution >= 0.6 is 0 Å². The number of hydrogen-bond donors (Lipinski definition) is 1. The average Bonchev–Trinajstić information content (AvgIpc) is 2.98. The van der Waals surface area contributed by atoms with Crippen LogP contribution in [0.25, 0.3) is 0 Å². The highest BCUT2D eigenvalue weighted by molar-refractivity contribution is 5.25. The Hall–Kier alpha value is -1.44. The van der Waals surface area contributed by atoms with Crippen LogP contribution in [0.15, 0.2) is 18.3 Å². The molecule has 4 nitrogen and oxygen atoms in total. The molecular formula is C15H22N4. The maximum Gasteiger partial charge on any atom is 0.140 e. The maximum atomic E-state index is 8.79. The number of likely N-dealkylation sites (N-methyl/N-ethyl adjacent to an activating group) is 1. The molecule has 2 rings (SSSR count). The third kappa shape index (κ3) is 4.30. The first-order valence-electron chi connectivity index (χ1n) is 7.05. The van der Waals surface area contributed by atoms with Crippen LogP contribution < -0.4 is 5.32 Å². The second-order valence-electron chi connectivity index (χ2n) is 5.26. The molecule has 1 aliphatic carbocycles. The van der Waals surface area contributed by atoms with Gasteiger partial charge in [-0.1, -0.05) is 12.8 Å². The van der Waals surface area contributed by atoms with Crippen molar-refractivity contribution in [2.45, 2.75) is 38.3 Å². The van der Waals surface area contributed by atoms with Crippen molar-refractivity contribution in [1.29, 1.82) is 5.26 Å². The normalized spacial score (nSPS) is 15.8. The van der Waals surface area contributed by atoms with Crippen LogP contribution in [0.3, 0.4) is 0 Å². The van der Waals surface area contributed by atoms with E-state index in [1.54, 1.807) is 6.20 Å². The van der Waals surface area contributed by atoms with Gasteiger partial charge in [-0.2, -0.15) is 5.26 Å². The summed E-state index contributed by atoms with van der Waals surface area (Å²) in [4.78, 5) is 6.44. The van der Waals surface area contributed by atoms with Gasteiger partial charge in [0.05, 0.1) is 0 Å². The number of nitrogens with zero attached hydrogens (tertiary/aromatic N) is 3. The molecule has 1 aromatic rings. The van der Waals surface area contributed by atoms with E-state index in [1.807, 2.05) is 12.1 Å². The minimum absolute atomic E-state index is 0.488. The second kappa shape index (κ2) is 7.22. The van der Waals surface area contributed by atoms with Gasteiger partial charge in [0.2, 0.25) is 0 Å². The van der Waals surface area contributed by atoms with Crippen LogP contribution in [0.1, 0.15) is 36.9 Å². The summed E-state index contributed by atoms with van der Waals surface area (Å²) in [5, 5.41) is 12.2. The Morgan fingerprint density at radius 2 is 2.26 bits per heavy atom. The zero-order chi connectivity index (χ0) is 13.5. The Balaban J connectivity index is 1.67. The lowest BCUT2D eigenvalue weighted by molar-refractivity contribution is 0.245. The molecule has 0 aliphatic heterocycles. The lowest BCUT2D eigenvalue weighted by Crippen LogP contribution is -2.35. The Bertz CT molecular complexity index is 432. The minimum Gasteiger partial charge on any atom is -0.311 e. The molecule has 102 valence electrons. The summed E-state index contributed by atoms with van der Waals surface area (Å²) in [6, 6.07) is 6.64. The first-order valence-corrected chi connectivity index (χ1v) is 7.05. The van der Waals surface area contributed by atoms with E-state index in [4.69, 9.17) is 5.26 Å². The van der Waals surface area contributed by atoms with Crippen molar-refractivity contribution in [3.8, 4) is 6.07 Å². The van der Waals surface area contributed by atoms with Gasteiger partial charge in [-0.15, -0.1) is 0 Å². The fourth-order valence-corrected chi connectivity index (χ4v) is 2.66. The van der Waals surface area contributed by atoms with E-state index in [9.17, 15) is 0 Å². The number of hydrogen-bond acceptors (Lipinski definition) is 4. The van der Waals surface area contributed by atoms with Gasteiger partial charge in [0.25, 0.3) is 0 Å². The summed E-state index contributed by atoms with van der Waals surface area (Å²) in [5.74, 6) is 0. The van der Waals surface area contributed by atoms with E-state index in [0.29, 0.717) is 5.69 Å². The second-order valence-corrected chi connectivity index (χ2v) is 5.26. The van der Waals surface area contributed by atoms with Crippen molar-refractivity contribution >= 4 is 0 Å². The summed E-state index contributed by atoms with van der Waals surface area (Å²) in [5.41, 5.74) is 1.61. The Morgan fingerprint density at radius 1 is 1.47 bits per heavy atom. The third-order valence-electron chi connectivity index (χ3n) is 3.86. The van der Waals surface area contributed by atoms with Gasteiger partial charge in [-0.3, -0.25) is 0 Å². The number of nitrogens with one attached hydrogen (secondary N) is 1. The predicted molar refractivity (Wildman–Crippen MR) is 75.5 cm³/mol. The molecule has 1 heterocycles. The van der Waals surface area contributed by atoms with E-state index in [-0.39, 0.29) is 0 Å². The zero-order valence-electron chi connectivity index (χ0n) is 11.6. The maximum absolute atomic E-state index is 8.79. The predicted octanol–water partition coefficient (Wildman–Crippen LogP) is 1.92. The number of rotatable bonds is 6. The van der Waals surface area contributed by atoms with Crippen molar-refractivity contribution in [2.24, 2.45) is 0 Å². The zero-order valence-corrected chi connectivity index (χ0v) is 11.6. The van der Waals surface area contributed by atoms with E-state index in [2.05, 4.69) is 28.3 Å². The molecule has 19 heavy (non-hydrogen) atoms. The van der Waals surface area contributed by atoms with E-state index < -0.39 is 0 Å². The van der Waals surface area contributed by atoms with E-state index in [1.165, 1.54) is 25.7 Å². The SMILES string of the molecule is CN(CCNCc1ccnc(C#N)c1)C1CCCC1. The fourth-order valence-electron chi connectivity index (χ4n) is 2.66. The van der Waals surface area contributed by atoms with E-state index >= 15 is 0 Å². The average molecular weight is 258 g/mol. The molecule has 0 atom stereocenters. The van der Waals surface area contributed by atoms with Gasteiger partial charge in [-0.05, 0) is 37.6 Å². The Labute approximate surface area is 115 Å². The topological polar surface area (TPSA) is 52.0 Å². The smallest absolute Gasteiger partial charge is 0.140 e. The Morgan fingerprint density at radius 3 is 3.00 bits per heavy atom. The van der Waals surface area contributed by atoms with Gasteiger partial charge in [-0.25, -0.2) is 4.98 Å². The van der Waals surface area contributed by atoms with Crippen molar-refractivity contribution in [3.05, 3.63) is 29.6 Å². The van der Waals surface area contributed by atoms with Crippen molar-refractivity contribution in [1.82, 2.24) is 15.2 Å². The first-order chi connectivity index (χ1) is 9.29. The van der Waals surface area contributed by atoms with Gasteiger partial charge in [0.1, 0.15) is 11.8 Å². The standard InChI is InChI=1S/C15H22N4/c1-19(15-4-2-3-5-15)9-8-17-12-13-6-7-18-14(10-13)11-16/h6-7,10,15,17H,2-5,8-9,12H2,1H3. The molecule has 0 unspecified atom stereocenters. The minimum atomic E-state index is 0.488. The van der Waals surface area contributed by atoms with Gasteiger partial charge >= 0.3 is 0 Å². The van der Waals surface area contributed by atoms with Crippen LogP contribution in [0.5, 0.6) is 0 Å². The van der Waals surface area contributed by atoms with Crippen LogP contribution in [0.2, 0.25) is 0 Å². The van der Waals surface area contributed by atoms with Gasteiger partial charge < -0.3 is 10.2 Å². The largest absolute Gasteiger partial charge is 0.311 e.